The van der Waals surface area contributed by atoms with Crippen molar-refractivity contribution in [3.05, 3.63) is 53.3 Å². The van der Waals surface area contributed by atoms with Crippen LogP contribution in [0, 0.1) is 6.92 Å². The number of fused-ring (bicyclic) bond motifs is 1. The van der Waals surface area contributed by atoms with Gasteiger partial charge in [-0.2, -0.15) is 0 Å². The van der Waals surface area contributed by atoms with Crippen molar-refractivity contribution >= 4 is 23.4 Å². The fourth-order valence-corrected chi connectivity index (χ4v) is 3.92. The van der Waals surface area contributed by atoms with Crippen molar-refractivity contribution in [1.29, 1.82) is 0 Å². The first-order chi connectivity index (χ1) is 14.5. The number of anilines is 1. The highest BCUT2D eigenvalue weighted by molar-refractivity contribution is 6.20. The molecule has 3 aromatic rings. The van der Waals surface area contributed by atoms with E-state index in [1.807, 2.05) is 13.0 Å². The smallest absolute Gasteiger partial charge is 0.253 e. The number of nitrogens with one attached hydrogen (secondary N) is 2. The van der Waals surface area contributed by atoms with E-state index in [-0.39, 0.29) is 30.6 Å². The SMILES string of the molecule is Cc1ccc(N2C(=O)CCC2=O)cc1-c1nccc(-c2cc3c([nH]2)CCNC3=O)n1. The number of aromatic nitrogens is 3. The number of amides is 3. The van der Waals surface area contributed by atoms with Crippen molar-refractivity contribution in [3.63, 3.8) is 0 Å². The standard InChI is InChI=1S/C22H19N5O3/c1-12-2-3-13(27-19(28)4-5-20(27)29)10-14(12)21-23-8-7-17(26-21)18-11-15-16(25-18)6-9-24-22(15)30/h2-3,7-8,10-11,25H,4-6,9H2,1H3,(H,24,30). The van der Waals surface area contributed by atoms with Crippen molar-refractivity contribution < 1.29 is 14.4 Å². The molecule has 8 heteroatoms. The van der Waals surface area contributed by atoms with Crippen LogP contribution in [0.2, 0.25) is 0 Å². The summed E-state index contributed by atoms with van der Waals surface area (Å²) in [7, 11) is 0. The summed E-state index contributed by atoms with van der Waals surface area (Å²) >= 11 is 0. The zero-order valence-corrected chi connectivity index (χ0v) is 16.4. The molecule has 0 saturated carbocycles. The maximum atomic E-state index is 12.1. The second kappa shape index (κ2) is 6.91. The predicted molar refractivity (Wildman–Crippen MR) is 110 cm³/mol. The number of hydrogen-bond acceptors (Lipinski definition) is 5. The maximum Gasteiger partial charge on any atom is 0.253 e. The normalized spacial score (nSPS) is 16.0. The molecule has 0 radical (unpaired) electrons. The molecule has 2 N–H and O–H groups in total. The second-order valence-electron chi connectivity index (χ2n) is 7.47. The molecule has 0 atom stereocenters. The van der Waals surface area contributed by atoms with Gasteiger partial charge in [0, 0.05) is 43.3 Å². The molecule has 2 aliphatic heterocycles. The fraction of sp³-hybridized carbons (Fsp3) is 0.227. The van der Waals surface area contributed by atoms with Crippen LogP contribution in [-0.4, -0.2) is 39.2 Å². The third kappa shape index (κ3) is 2.97. The monoisotopic (exact) mass is 401 g/mol. The van der Waals surface area contributed by atoms with E-state index in [2.05, 4.69) is 20.3 Å². The molecule has 0 spiro atoms. The summed E-state index contributed by atoms with van der Waals surface area (Å²) in [6.45, 7) is 2.54. The minimum atomic E-state index is -0.195. The van der Waals surface area contributed by atoms with E-state index < -0.39 is 0 Å². The molecule has 0 bridgehead atoms. The van der Waals surface area contributed by atoms with Crippen molar-refractivity contribution in [2.75, 3.05) is 11.4 Å². The largest absolute Gasteiger partial charge is 0.356 e. The number of aryl methyl sites for hydroxylation is 1. The van der Waals surface area contributed by atoms with E-state index >= 15 is 0 Å². The van der Waals surface area contributed by atoms with Crippen LogP contribution in [0.15, 0.2) is 36.5 Å². The highest BCUT2D eigenvalue weighted by Gasteiger charge is 2.30. The summed E-state index contributed by atoms with van der Waals surface area (Å²) in [5.74, 6) is 0.0129. The van der Waals surface area contributed by atoms with Crippen LogP contribution < -0.4 is 10.2 Å². The number of carbonyl (C=O) groups is 3. The summed E-state index contributed by atoms with van der Waals surface area (Å²) in [6.07, 6.45) is 2.88. The molecule has 4 heterocycles. The quantitative estimate of drug-likeness (QED) is 0.655. The van der Waals surface area contributed by atoms with Gasteiger partial charge in [-0.3, -0.25) is 19.3 Å². The van der Waals surface area contributed by atoms with Gasteiger partial charge in [0.15, 0.2) is 5.82 Å². The first-order valence-electron chi connectivity index (χ1n) is 9.81. The van der Waals surface area contributed by atoms with Crippen LogP contribution in [0.5, 0.6) is 0 Å². The maximum absolute atomic E-state index is 12.1. The second-order valence-corrected chi connectivity index (χ2v) is 7.47. The van der Waals surface area contributed by atoms with Gasteiger partial charge in [0.1, 0.15) is 0 Å². The van der Waals surface area contributed by atoms with Gasteiger partial charge in [-0.15, -0.1) is 0 Å². The molecular weight excluding hydrogens is 382 g/mol. The van der Waals surface area contributed by atoms with E-state index in [0.717, 1.165) is 28.9 Å². The number of imide groups is 1. The van der Waals surface area contributed by atoms with E-state index in [9.17, 15) is 14.4 Å². The van der Waals surface area contributed by atoms with Crippen molar-refractivity contribution in [3.8, 4) is 22.8 Å². The molecule has 8 nitrogen and oxygen atoms in total. The third-order valence-corrected chi connectivity index (χ3v) is 5.51. The number of hydrogen-bond donors (Lipinski definition) is 2. The molecule has 1 saturated heterocycles. The topological polar surface area (TPSA) is 108 Å². The number of H-pyrrole nitrogens is 1. The van der Waals surface area contributed by atoms with Crippen LogP contribution in [0.1, 0.15) is 34.5 Å². The number of aromatic amines is 1. The number of nitrogens with zero attached hydrogens (tertiary/aromatic N) is 3. The van der Waals surface area contributed by atoms with Crippen LogP contribution >= 0.6 is 0 Å². The van der Waals surface area contributed by atoms with E-state index in [1.54, 1.807) is 30.5 Å². The average molecular weight is 401 g/mol. The summed E-state index contributed by atoms with van der Waals surface area (Å²) in [5.41, 5.74) is 5.17. The van der Waals surface area contributed by atoms with Crippen molar-refractivity contribution in [2.24, 2.45) is 0 Å². The molecule has 2 aliphatic rings. The number of carbonyl (C=O) groups excluding carboxylic acids is 3. The molecule has 5 rings (SSSR count). The lowest BCUT2D eigenvalue weighted by Gasteiger charge is -2.16. The molecule has 1 aromatic carbocycles. The van der Waals surface area contributed by atoms with Gasteiger partial charge >= 0.3 is 0 Å². The zero-order chi connectivity index (χ0) is 20.8. The first-order valence-corrected chi connectivity index (χ1v) is 9.81. The zero-order valence-electron chi connectivity index (χ0n) is 16.4. The first kappa shape index (κ1) is 18.2. The Kier molecular flexibility index (Phi) is 4.20. The van der Waals surface area contributed by atoms with Crippen LogP contribution in [0.25, 0.3) is 22.8 Å². The van der Waals surface area contributed by atoms with Gasteiger partial charge in [-0.1, -0.05) is 6.07 Å². The Morgan fingerprint density at radius 2 is 1.77 bits per heavy atom. The lowest BCUT2D eigenvalue weighted by molar-refractivity contribution is -0.121. The minimum Gasteiger partial charge on any atom is -0.356 e. The van der Waals surface area contributed by atoms with Crippen molar-refractivity contribution in [2.45, 2.75) is 26.2 Å². The minimum absolute atomic E-state index is 0.0866. The molecule has 1 fully saturated rings. The predicted octanol–water partition coefficient (Wildman–Crippen LogP) is 2.39. The Morgan fingerprint density at radius 1 is 0.967 bits per heavy atom. The lowest BCUT2D eigenvalue weighted by Crippen LogP contribution is -2.31. The summed E-state index contributed by atoms with van der Waals surface area (Å²) in [6, 6.07) is 8.99. The molecule has 3 amide bonds. The third-order valence-electron chi connectivity index (χ3n) is 5.51. The molecule has 2 aromatic heterocycles. The Bertz CT molecular complexity index is 1200. The van der Waals surface area contributed by atoms with Crippen LogP contribution in [0.4, 0.5) is 5.69 Å². The van der Waals surface area contributed by atoms with Gasteiger partial charge in [0.25, 0.3) is 5.91 Å². The van der Waals surface area contributed by atoms with E-state index in [1.165, 1.54) is 4.90 Å². The van der Waals surface area contributed by atoms with E-state index in [4.69, 9.17) is 0 Å². The van der Waals surface area contributed by atoms with E-state index in [0.29, 0.717) is 29.3 Å². The fourth-order valence-electron chi connectivity index (χ4n) is 3.92. The van der Waals surface area contributed by atoms with Gasteiger partial charge < -0.3 is 10.3 Å². The Labute approximate surface area is 172 Å². The van der Waals surface area contributed by atoms with Crippen molar-refractivity contribution in [1.82, 2.24) is 20.3 Å². The van der Waals surface area contributed by atoms with Gasteiger partial charge in [0.2, 0.25) is 11.8 Å². The Hall–Kier alpha value is -3.81. The Balaban J connectivity index is 1.55. The molecule has 0 unspecified atom stereocenters. The summed E-state index contributed by atoms with van der Waals surface area (Å²) in [4.78, 5) is 49.9. The molecule has 150 valence electrons. The molecular formula is C22H19N5O3. The molecule has 30 heavy (non-hydrogen) atoms. The number of rotatable bonds is 3. The van der Waals surface area contributed by atoms with Gasteiger partial charge in [0.05, 0.1) is 22.6 Å². The van der Waals surface area contributed by atoms with Crippen LogP contribution in [0.3, 0.4) is 0 Å². The average Bonchev–Trinajstić information content (AvgIpc) is 3.33. The molecule has 0 aliphatic carbocycles. The highest BCUT2D eigenvalue weighted by Crippen LogP contribution is 2.30. The lowest BCUT2D eigenvalue weighted by atomic mass is 10.1. The van der Waals surface area contributed by atoms with Gasteiger partial charge in [-0.25, -0.2) is 9.97 Å². The van der Waals surface area contributed by atoms with Gasteiger partial charge in [-0.05, 0) is 36.8 Å². The summed E-state index contributed by atoms with van der Waals surface area (Å²) < 4.78 is 0. The highest BCUT2D eigenvalue weighted by atomic mass is 16.2. The number of benzene rings is 1. The van der Waals surface area contributed by atoms with Crippen LogP contribution in [-0.2, 0) is 16.0 Å². The Morgan fingerprint density at radius 3 is 2.53 bits per heavy atom. The summed E-state index contributed by atoms with van der Waals surface area (Å²) in [5, 5.41) is 2.84.